The fraction of sp³-hybridized carbons (Fsp3) is 0.0909. The van der Waals surface area contributed by atoms with E-state index in [9.17, 15) is 8.78 Å². The number of nitrogen functional groups attached to an aromatic ring is 1. The number of benzene rings is 1. The number of nitrogens with two attached hydrogens (primary N) is 1. The predicted octanol–water partition coefficient (Wildman–Crippen LogP) is 3.07. The third-order valence-corrected chi connectivity index (χ3v) is 2.90. The summed E-state index contributed by atoms with van der Waals surface area (Å²) in [5, 5.41) is 0. The zero-order valence-corrected chi connectivity index (χ0v) is 10.4. The summed E-state index contributed by atoms with van der Waals surface area (Å²) in [6.07, 6.45) is 0. The van der Waals surface area contributed by atoms with Crippen molar-refractivity contribution in [2.75, 3.05) is 5.73 Å². The van der Waals surface area contributed by atoms with E-state index in [1.165, 1.54) is 25.1 Å². The summed E-state index contributed by atoms with van der Waals surface area (Å²) >= 11 is 3.25. The first kappa shape index (κ1) is 11.9. The Balaban J connectivity index is 2.64. The maximum atomic E-state index is 13.3. The monoisotopic (exact) mass is 299 g/mol. The normalized spacial score (nSPS) is 10.6. The van der Waals surface area contributed by atoms with Gasteiger partial charge in [0.2, 0.25) is 0 Å². The van der Waals surface area contributed by atoms with Crippen LogP contribution in [0.3, 0.4) is 0 Å². The molecule has 2 rings (SSSR count). The number of anilines is 1. The molecule has 0 aliphatic carbocycles. The number of halogens is 3. The van der Waals surface area contributed by atoms with Crippen molar-refractivity contribution in [3.63, 3.8) is 0 Å². The second-order valence-corrected chi connectivity index (χ2v) is 4.31. The summed E-state index contributed by atoms with van der Waals surface area (Å²) in [5.74, 6) is -1.13. The van der Waals surface area contributed by atoms with Gasteiger partial charge in [0, 0.05) is 10.0 Å². The van der Waals surface area contributed by atoms with Crippen molar-refractivity contribution in [2.24, 2.45) is 0 Å². The smallest absolute Gasteiger partial charge is 0.186 e. The Morgan fingerprint density at radius 2 is 1.94 bits per heavy atom. The van der Waals surface area contributed by atoms with E-state index in [-0.39, 0.29) is 17.3 Å². The number of hydrogen-bond acceptors (Lipinski definition) is 3. The van der Waals surface area contributed by atoms with Crippen molar-refractivity contribution in [3.8, 4) is 11.4 Å². The molecule has 0 radical (unpaired) electrons. The maximum Gasteiger partial charge on any atom is 0.186 e. The lowest BCUT2D eigenvalue weighted by Crippen LogP contribution is -2.03. The number of rotatable bonds is 1. The third kappa shape index (κ3) is 2.26. The van der Waals surface area contributed by atoms with Crippen LogP contribution in [0.25, 0.3) is 11.4 Å². The molecule has 2 N–H and O–H groups in total. The molecule has 3 nitrogen and oxygen atoms in total. The highest BCUT2D eigenvalue weighted by atomic mass is 79.9. The van der Waals surface area contributed by atoms with Crippen molar-refractivity contribution in [2.45, 2.75) is 6.92 Å². The van der Waals surface area contributed by atoms with Crippen LogP contribution in [0.4, 0.5) is 14.6 Å². The lowest BCUT2D eigenvalue weighted by Gasteiger charge is -2.06. The fourth-order valence-corrected chi connectivity index (χ4v) is 1.79. The minimum atomic E-state index is -0.652. The zero-order chi connectivity index (χ0) is 12.6. The van der Waals surface area contributed by atoms with Crippen LogP contribution < -0.4 is 5.73 Å². The molecular weight excluding hydrogens is 292 g/mol. The van der Waals surface area contributed by atoms with Gasteiger partial charge in [-0.2, -0.15) is 0 Å². The highest BCUT2D eigenvalue weighted by molar-refractivity contribution is 9.10. The molecule has 6 heteroatoms. The zero-order valence-electron chi connectivity index (χ0n) is 8.84. The molecule has 88 valence electrons. The average Bonchev–Trinajstić information content (AvgIpc) is 2.28. The first-order chi connectivity index (χ1) is 7.99. The lowest BCUT2D eigenvalue weighted by molar-refractivity contribution is 0.608. The number of nitrogens with zero attached hydrogens (tertiary/aromatic N) is 2. The third-order valence-electron chi connectivity index (χ3n) is 2.21. The van der Waals surface area contributed by atoms with E-state index < -0.39 is 11.6 Å². The van der Waals surface area contributed by atoms with Crippen LogP contribution >= 0.6 is 15.9 Å². The number of aromatic nitrogens is 2. The molecule has 17 heavy (non-hydrogen) atoms. The molecule has 1 aromatic carbocycles. The van der Waals surface area contributed by atoms with Gasteiger partial charge in [0.25, 0.3) is 0 Å². The van der Waals surface area contributed by atoms with Gasteiger partial charge in [-0.15, -0.1) is 0 Å². The Morgan fingerprint density at radius 1 is 1.24 bits per heavy atom. The Kier molecular flexibility index (Phi) is 3.06. The molecule has 0 atom stereocenters. The van der Waals surface area contributed by atoms with Crippen LogP contribution in [-0.2, 0) is 0 Å². The summed E-state index contributed by atoms with van der Waals surface area (Å²) in [6, 6.07) is 4.09. The molecule has 1 heterocycles. The van der Waals surface area contributed by atoms with E-state index in [4.69, 9.17) is 5.73 Å². The van der Waals surface area contributed by atoms with Crippen LogP contribution in [0.15, 0.2) is 22.7 Å². The predicted molar refractivity (Wildman–Crippen MR) is 64.2 cm³/mol. The van der Waals surface area contributed by atoms with Gasteiger partial charge in [-0.1, -0.05) is 15.9 Å². The first-order valence-corrected chi connectivity index (χ1v) is 5.53. The molecule has 0 aliphatic rings. The van der Waals surface area contributed by atoms with E-state index in [1.54, 1.807) is 0 Å². The standard InChI is InChI=1S/C11H8BrF2N3/c1-5-9(14)10(15)17-11(16-5)7-4-6(13)2-3-8(7)12/h2-4H,1H3,(H2,15,16,17). The summed E-state index contributed by atoms with van der Waals surface area (Å²) in [5.41, 5.74) is 5.97. The van der Waals surface area contributed by atoms with Gasteiger partial charge in [-0.25, -0.2) is 18.7 Å². The van der Waals surface area contributed by atoms with Crippen LogP contribution in [0.1, 0.15) is 5.69 Å². The maximum absolute atomic E-state index is 13.3. The number of aryl methyl sites for hydroxylation is 1. The Hall–Kier alpha value is -1.56. The minimum Gasteiger partial charge on any atom is -0.381 e. The fourth-order valence-electron chi connectivity index (χ4n) is 1.37. The molecule has 0 saturated heterocycles. The molecule has 0 bridgehead atoms. The summed E-state index contributed by atoms with van der Waals surface area (Å²) in [7, 11) is 0. The molecule has 0 amide bonds. The molecule has 2 aromatic rings. The van der Waals surface area contributed by atoms with Crippen molar-refractivity contribution < 1.29 is 8.78 Å². The first-order valence-electron chi connectivity index (χ1n) is 4.74. The summed E-state index contributed by atoms with van der Waals surface area (Å²) < 4.78 is 27.0. The van der Waals surface area contributed by atoms with Gasteiger partial charge in [-0.3, -0.25) is 0 Å². The van der Waals surface area contributed by atoms with Gasteiger partial charge in [0.15, 0.2) is 17.5 Å². The van der Waals surface area contributed by atoms with Crippen molar-refractivity contribution >= 4 is 21.7 Å². The van der Waals surface area contributed by atoms with Gasteiger partial charge >= 0.3 is 0 Å². The molecule has 0 saturated carbocycles. The van der Waals surface area contributed by atoms with Gasteiger partial charge in [0.1, 0.15) is 5.82 Å². The van der Waals surface area contributed by atoms with E-state index >= 15 is 0 Å². The Bertz CT molecular complexity index is 564. The Morgan fingerprint density at radius 3 is 2.59 bits per heavy atom. The van der Waals surface area contributed by atoms with E-state index in [0.29, 0.717) is 10.0 Å². The van der Waals surface area contributed by atoms with E-state index in [0.717, 1.165) is 0 Å². The second kappa shape index (κ2) is 4.37. The van der Waals surface area contributed by atoms with Crippen LogP contribution in [-0.4, -0.2) is 9.97 Å². The molecule has 1 aromatic heterocycles. The summed E-state index contributed by atoms with van der Waals surface area (Å²) in [6.45, 7) is 1.48. The van der Waals surface area contributed by atoms with Crippen LogP contribution in [0.2, 0.25) is 0 Å². The molecule has 0 fully saturated rings. The average molecular weight is 300 g/mol. The van der Waals surface area contributed by atoms with E-state index in [2.05, 4.69) is 25.9 Å². The lowest BCUT2D eigenvalue weighted by atomic mass is 10.2. The molecule has 0 unspecified atom stereocenters. The largest absolute Gasteiger partial charge is 0.381 e. The molecule has 0 spiro atoms. The van der Waals surface area contributed by atoms with Gasteiger partial charge in [-0.05, 0) is 25.1 Å². The minimum absolute atomic E-state index is 0.128. The second-order valence-electron chi connectivity index (χ2n) is 3.46. The van der Waals surface area contributed by atoms with Gasteiger partial charge in [0.05, 0.1) is 5.69 Å². The quantitative estimate of drug-likeness (QED) is 0.880. The highest BCUT2D eigenvalue weighted by Crippen LogP contribution is 2.27. The molecular formula is C11H8BrF2N3. The molecule has 0 aliphatic heterocycles. The van der Waals surface area contributed by atoms with Crippen LogP contribution in [0.5, 0.6) is 0 Å². The van der Waals surface area contributed by atoms with Crippen molar-refractivity contribution in [3.05, 3.63) is 40.0 Å². The summed E-state index contributed by atoms with van der Waals surface area (Å²) in [4.78, 5) is 7.74. The van der Waals surface area contributed by atoms with Gasteiger partial charge < -0.3 is 5.73 Å². The van der Waals surface area contributed by atoms with Crippen molar-refractivity contribution in [1.29, 1.82) is 0 Å². The SMILES string of the molecule is Cc1nc(-c2cc(F)ccc2Br)nc(N)c1F. The van der Waals surface area contributed by atoms with E-state index in [1.807, 2.05) is 0 Å². The Labute approximate surface area is 105 Å². The van der Waals surface area contributed by atoms with Crippen LogP contribution in [0, 0.1) is 18.6 Å². The topological polar surface area (TPSA) is 51.8 Å². The highest BCUT2D eigenvalue weighted by Gasteiger charge is 2.13. The number of hydrogen-bond donors (Lipinski definition) is 1. The van der Waals surface area contributed by atoms with Crippen molar-refractivity contribution in [1.82, 2.24) is 9.97 Å².